The van der Waals surface area contributed by atoms with Crippen LogP contribution in [0.4, 0.5) is 13.2 Å². The van der Waals surface area contributed by atoms with Crippen LogP contribution in [0.3, 0.4) is 0 Å². The Morgan fingerprint density at radius 2 is 2.00 bits per heavy atom. The molecule has 0 fully saturated rings. The number of hydrogen-bond acceptors (Lipinski definition) is 3. The van der Waals surface area contributed by atoms with Crippen molar-refractivity contribution in [2.75, 3.05) is 13.1 Å². The highest BCUT2D eigenvalue weighted by molar-refractivity contribution is 5.69. The maximum absolute atomic E-state index is 13.2. The van der Waals surface area contributed by atoms with Gasteiger partial charge >= 0.3 is 6.18 Å². The first kappa shape index (κ1) is 17.7. The number of halogens is 3. The Hall–Kier alpha value is -2.08. The van der Waals surface area contributed by atoms with Crippen molar-refractivity contribution in [1.29, 1.82) is 0 Å². The van der Waals surface area contributed by atoms with E-state index in [9.17, 15) is 13.2 Å². The van der Waals surface area contributed by atoms with Crippen LogP contribution in [-0.4, -0.2) is 23.0 Å². The topological polar surface area (TPSA) is 29.3 Å². The molecule has 0 spiro atoms. The summed E-state index contributed by atoms with van der Waals surface area (Å²) in [6.07, 6.45) is -0.143. The second-order valence-electron chi connectivity index (χ2n) is 6.57. The lowest BCUT2D eigenvalue weighted by Gasteiger charge is -2.26. The third-order valence-electron chi connectivity index (χ3n) is 4.37. The van der Waals surface area contributed by atoms with Gasteiger partial charge in [0.1, 0.15) is 5.76 Å². The Morgan fingerprint density at radius 1 is 1.24 bits per heavy atom. The van der Waals surface area contributed by atoms with Gasteiger partial charge in [-0.1, -0.05) is 38.1 Å². The minimum Gasteiger partial charge on any atom is -0.444 e. The molecule has 0 radical (unpaired) electrons. The number of alkyl halides is 3. The molecule has 0 atom stereocenters. The zero-order valence-corrected chi connectivity index (χ0v) is 14.3. The van der Waals surface area contributed by atoms with Crippen molar-refractivity contribution in [1.82, 2.24) is 9.88 Å². The summed E-state index contributed by atoms with van der Waals surface area (Å²) in [5, 5.41) is 0. The van der Waals surface area contributed by atoms with Crippen LogP contribution in [0.5, 0.6) is 0 Å². The summed E-state index contributed by atoms with van der Waals surface area (Å²) in [4.78, 5) is 6.40. The van der Waals surface area contributed by atoms with Crippen molar-refractivity contribution in [3.05, 3.63) is 59.3 Å². The molecule has 0 aliphatic carbocycles. The van der Waals surface area contributed by atoms with Crippen LogP contribution in [0, 0.1) is 0 Å². The van der Waals surface area contributed by atoms with Crippen LogP contribution < -0.4 is 0 Å². The highest BCUT2D eigenvalue weighted by atomic mass is 19.4. The molecule has 0 saturated heterocycles. The van der Waals surface area contributed by atoms with E-state index in [1.165, 1.54) is 6.07 Å². The Balaban J connectivity index is 1.71. The van der Waals surface area contributed by atoms with Crippen LogP contribution >= 0.6 is 0 Å². The van der Waals surface area contributed by atoms with Gasteiger partial charge in [-0.25, -0.2) is 4.98 Å². The zero-order valence-electron chi connectivity index (χ0n) is 14.3. The van der Waals surface area contributed by atoms with Crippen LogP contribution in [0.25, 0.3) is 5.57 Å². The Morgan fingerprint density at radius 3 is 2.60 bits per heavy atom. The molecule has 0 saturated carbocycles. The van der Waals surface area contributed by atoms with Gasteiger partial charge < -0.3 is 4.42 Å². The van der Waals surface area contributed by atoms with Crippen molar-refractivity contribution in [3.63, 3.8) is 0 Å². The molecule has 6 heteroatoms. The van der Waals surface area contributed by atoms with Gasteiger partial charge in [0.15, 0.2) is 0 Å². The molecule has 1 aliphatic heterocycles. The maximum Gasteiger partial charge on any atom is 0.416 e. The number of hydrogen-bond donors (Lipinski definition) is 0. The summed E-state index contributed by atoms with van der Waals surface area (Å²) >= 11 is 0. The van der Waals surface area contributed by atoms with Crippen LogP contribution in [-0.2, 0) is 12.7 Å². The molecule has 0 N–H and O–H groups in total. The molecular formula is C19H21F3N2O. The van der Waals surface area contributed by atoms with E-state index in [0.717, 1.165) is 17.4 Å². The monoisotopic (exact) mass is 350 g/mol. The van der Waals surface area contributed by atoms with E-state index in [1.807, 2.05) is 19.9 Å². The molecule has 0 amide bonds. The molecule has 1 aromatic carbocycles. The Bertz CT molecular complexity index is 762. The first-order valence-electron chi connectivity index (χ1n) is 8.37. The maximum atomic E-state index is 13.2. The van der Waals surface area contributed by atoms with Gasteiger partial charge in [-0.2, -0.15) is 13.2 Å². The molecule has 3 nitrogen and oxygen atoms in total. The third kappa shape index (κ3) is 4.12. The van der Waals surface area contributed by atoms with Gasteiger partial charge in [-0.15, -0.1) is 0 Å². The van der Waals surface area contributed by atoms with E-state index in [-0.39, 0.29) is 11.5 Å². The molecule has 25 heavy (non-hydrogen) atoms. The summed E-state index contributed by atoms with van der Waals surface area (Å²) < 4.78 is 45.2. The fourth-order valence-corrected chi connectivity index (χ4v) is 2.97. The number of rotatable bonds is 4. The molecule has 2 aromatic rings. The minimum atomic E-state index is -4.33. The molecule has 1 aliphatic rings. The van der Waals surface area contributed by atoms with Crippen molar-refractivity contribution in [3.8, 4) is 0 Å². The van der Waals surface area contributed by atoms with Crippen molar-refractivity contribution in [2.24, 2.45) is 0 Å². The first-order chi connectivity index (χ1) is 11.8. The van der Waals surface area contributed by atoms with E-state index >= 15 is 0 Å². The first-order valence-corrected chi connectivity index (χ1v) is 8.37. The van der Waals surface area contributed by atoms with Crippen LogP contribution in [0.2, 0.25) is 0 Å². The van der Waals surface area contributed by atoms with Gasteiger partial charge in [0.05, 0.1) is 18.3 Å². The molecular weight excluding hydrogens is 329 g/mol. The molecule has 134 valence electrons. The number of benzene rings is 1. The van der Waals surface area contributed by atoms with Crippen molar-refractivity contribution in [2.45, 2.75) is 38.9 Å². The summed E-state index contributed by atoms with van der Waals surface area (Å²) in [6.45, 7) is 5.91. The zero-order chi connectivity index (χ0) is 18.0. The fourth-order valence-electron chi connectivity index (χ4n) is 2.97. The quantitative estimate of drug-likeness (QED) is 0.768. The van der Waals surface area contributed by atoms with Crippen molar-refractivity contribution >= 4 is 5.57 Å². The highest BCUT2D eigenvalue weighted by Gasteiger charge is 2.34. The fraction of sp³-hybridized carbons (Fsp3) is 0.421. The number of oxazole rings is 1. The van der Waals surface area contributed by atoms with E-state index < -0.39 is 11.7 Å². The SMILES string of the molecule is CC(C)c1cnc(CN2CC=C(c3ccccc3C(F)(F)F)CC2)o1. The van der Waals surface area contributed by atoms with E-state index in [1.54, 1.807) is 18.3 Å². The summed E-state index contributed by atoms with van der Waals surface area (Å²) in [7, 11) is 0. The van der Waals surface area contributed by atoms with Crippen LogP contribution in [0.1, 0.15) is 49.0 Å². The lowest BCUT2D eigenvalue weighted by molar-refractivity contribution is -0.137. The minimum absolute atomic E-state index is 0.285. The van der Waals surface area contributed by atoms with Gasteiger partial charge in [0.25, 0.3) is 0 Å². The molecule has 2 heterocycles. The Labute approximate surface area is 145 Å². The molecule has 0 unspecified atom stereocenters. The summed E-state index contributed by atoms with van der Waals surface area (Å²) in [6, 6.07) is 5.77. The smallest absolute Gasteiger partial charge is 0.416 e. The molecule has 0 bridgehead atoms. The lowest BCUT2D eigenvalue weighted by atomic mass is 9.94. The van der Waals surface area contributed by atoms with E-state index in [0.29, 0.717) is 31.9 Å². The van der Waals surface area contributed by atoms with Gasteiger partial charge in [0, 0.05) is 19.0 Å². The largest absolute Gasteiger partial charge is 0.444 e. The van der Waals surface area contributed by atoms with Gasteiger partial charge in [-0.05, 0) is 23.6 Å². The third-order valence-corrected chi connectivity index (χ3v) is 4.37. The second-order valence-corrected chi connectivity index (χ2v) is 6.57. The van der Waals surface area contributed by atoms with Gasteiger partial charge in [0.2, 0.25) is 5.89 Å². The highest BCUT2D eigenvalue weighted by Crippen LogP contribution is 2.36. The summed E-state index contributed by atoms with van der Waals surface area (Å²) in [5.74, 6) is 1.78. The van der Waals surface area contributed by atoms with Gasteiger partial charge in [-0.3, -0.25) is 4.90 Å². The van der Waals surface area contributed by atoms with Crippen LogP contribution in [0.15, 0.2) is 41.0 Å². The predicted molar refractivity (Wildman–Crippen MR) is 89.9 cm³/mol. The predicted octanol–water partition coefficient (Wildman–Crippen LogP) is 5.11. The lowest BCUT2D eigenvalue weighted by Crippen LogP contribution is -2.28. The number of aromatic nitrogens is 1. The average molecular weight is 350 g/mol. The molecule has 1 aromatic heterocycles. The summed E-state index contributed by atoms with van der Waals surface area (Å²) in [5.41, 5.74) is 0.469. The Kier molecular flexibility index (Phi) is 4.99. The molecule has 3 rings (SSSR count). The average Bonchev–Trinajstić information content (AvgIpc) is 3.04. The second kappa shape index (κ2) is 7.04. The van der Waals surface area contributed by atoms with Crippen molar-refractivity contribution < 1.29 is 17.6 Å². The number of nitrogens with zero attached hydrogens (tertiary/aromatic N) is 2. The normalized spacial score (nSPS) is 16.3. The van der Waals surface area contributed by atoms with E-state index in [2.05, 4.69) is 9.88 Å². The van der Waals surface area contributed by atoms with E-state index in [4.69, 9.17) is 4.42 Å². The standard InChI is InChI=1S/C19H21F3N2O/c1-13(2)17-11-23-18(25-17)12-24-9-7-14(8-10-24)15-5-3-4-6-16(15)19(20,21)22/h3-7,11,13H,8-10,12H2,1-2H3.